The van der Waals surface area contributed by atoms with Crippen LogP contribution in [0.2, 0.25) is 0 Å². The zero-order valence-corrected chi connectivity index (χ0v) is 12.9. The van der Waals surface area contributed by atoms with Crippen LogP contribution in [-0.4, -0.2) is 19.5 Å². The summed E-state index contributed by atoms with van der Waals surface area (Å²) < 4.78 is 2.48. The number of H-pyrrole nitrogens is 1. The smallest absolute Gasteiger partial charge is 0.264 e. The number of hydrogen-bond acceptors (Lipinski definition) is 3. The van der Waals surface area contributed by atoms with E-state index in [9.17, 15) is 4.79 Å². The summed E-state index contributed by atoms with van der Waals surface area (Å²) in [6.07, 6.45) is 3.38. The minimum atomic E-state index is -0.169. The van der Waals surface area contributed by atoms with Gasteiger partial charge in [0.2, 0.25) is 0 Å². The summed E-state index contributed by atoms with van der Waals surface area (Å²) in [5.74, 6) is 0.561. The second-order valence-electron chi connectivity index (χ2n) is 5.22. The van der Waals surface area contributed by atoms with Crippen molar-refractivity contribution in [1.29, 1.82) is 0 Å². The summed E-state index contributed by atoms with van der Waals surface area (Å²) >= 11 is 2.04. The normalized spacial score (nSPS) is 11.8. The molecule has 0 saturated carbocycles. The Balaban J connectivity index is 2.70. The number of hydrogen-bond donors (Lipinski definition) is 1. The molecule has 0 aliphatic carbocycles. The van der Waals surface area contributed by atoms with Crippen molar-refractivity contribution in [3.63, 3.8) is 0 Å². The number of halogens is 1. The van der Waals surface area contributed by atoms with E-state index in [1.54, 1.807) is 12.5 Å². The minimum absolute atomic E-state index is 0.105. The molecule has 2 aromatic heterocycles. The molecule has 0 fully saturated rings. The first-order chi connectivity index (χ1) is 8.30. The van der Waals surface area contributed by atoms with E-state index in [2.05, 4.69) is 15.0 Å². The van der Waals surface area contributed by atoms with E-state index in [4.69, 9.17) is 0 Å². The number of aryl methyl sites for hydroxylation is 1. The zero-order valence-electron chi connectivity index (χ0n) is 10.8. The molecule has 0 aliphatic rings. The van der Waals surface area contributed by atoms with E-state index < -0.39 is 0 Å². The molecule has 6 heteroatoms. The first-order valence-electron chi connectivity index (χ1n) is 5.57. The van der Waals surface area contributed by atoms with Crippen LogP contribution in [0.5, 0.6) is 0 Å². The summed E-state index contributed by atoms with van der Waals surface area (Å²) in [5.41, 5.74) is 1.33. The first kappa shape index (κ1) is 13.3. The summed E-state index contributed by atoms with van der Waals surface area (Å²) in [6.45, 7) is 6.14. The third-order valence-electron chi connectivity index (χ3n) is 2.63. The lowest BCUT2D eigenvalue weighted by Gasteiger charge is -2.19. The fourth-order valence-corrected chi connectivity index (χ4v) is 2.73. The van der Waals surface area contributed by atoms with Gasteiger partial charge in [-0.15, -0.1) is 0 Å². The lowest BCUT2D eigenvalue weighted by Crippen LogP contribution is -2.24. The molecule has 2 heterocycles. The van der Waals surface area contributed by atoms with E-state index in [-0.39, 0.29) is 11.0 Å². The Morgan fingerprint density at radius 2 is 2.06 bits per heavy atom. The molecule has 0 unspecified atom stereocenters. The Kier molecular flexibility index (Phi) is 3.31. The van der Waals surface area contributed by atoms with Crippen molar-refractivity contribution in [2.24, 2.45) is 7.05 Å². The number of nitrogens with one attached hydrogen (secondary N) is 1. The molecule has 0 aliphatic heterocycles. The van der Waals surface area contributed by atoms with Gasteiger partial charge in [0.05, 0.1) is 18.2 Å². The van der Waals surface area contributed by atoms with E-state index >= 15 is 0 Å². The van der Waals surface area contributed by atoms with Crippen LogP contribution in [0.25, 0.3) is 11.5 Å². The predicted molar refractivity (Wildman–Crippen MR) is 78.5 cm³/mol. The van der Waals surface area contributed by atoms with Crippen molar-refractivity contribution >= 4 is 22.6 Å². The third-order valence-corrected chi connectivity index (χ3v) is 3.63. The molecule has 0 saturated heterocycles. The van der Waals surface area contributed by atoms with Gasteiger partial charge in [0.15, 0.2) is 5.82 Å². The second-order valence-corrected chi connectivity index (χ2v) is 6.30. The van der Waals surface area contributed by atoms with Crippen LogP contribution in [0.1, 0.15) is 26.5 Å². The van der Waals surface area contributed by atoms with Gasteiger partial charge in [-0.1, -0.05) is 20.8 Å². The van der Waals surface area contributed by atoms with Crippen molar-refractivity contribution < 1.29 is 0 Å². The van der Waals surface area contributed by atoms with Crippen molar-refractivity contribution in [3.05, 3.63) is 32.1 Å². The van der Waals surface area contributed by atoms with Gasteiger partial charge in [-0.2, -0.15) is 0 Å². The lowest BCUT2D eigenvalue weighted by molar-refractivity contribution is 0.561. The van der Waals surface area contributed by atoms with Crippen LogP contribution < -0.4 is 5.56 Å². The van der Waals surface area contributed by atoms with Crippen LogP contribution in [0, 0.1) is 3.57 Å². The average molecular weight is 358 g/mol. The molecular weight excluding hydrogens is 343 g/mol. The van der Waals surface area contributed by atoms with E-state index in [0.29, 0.717) is 9.39 Å². The lowest BCUT2D eigenvalue weighted by atomic mass is 9.92. The molecule has 0 radical (unpaired) electrons. The molecule has 18 heavy (non-hydrogen) atoms. The zero-order chi connectivity index (χ0) is 13.5. The molecule has 5 nitrogen and oxygen atoms in total. The standard InChI is InChI=1S/C12H15IN4O/c1-12(2,3)9-8(13)11(18)16-10(15-9)7-5-14-6-17(7)4/h5-6H,1-4H3,(H,15,16,18). The highest BCUT2D eigenvalue weighted by Crippen LogP contribution is 2.24. The highest BCUT2D eigenvalue weighted by Gasteiger charge is 2.22. The van der Waals surface area contributed by atoms with Gasteiger partial charge >= 0.3 is 0 Å². The molecule has 1 N–H and O–H groups in total. The SMILES string of the molecule is Cn1cncc1-c1nc(C(C)(C)C)c(I)c(=O)[nH]1. The van der Waals surface area contributed by atoms with Gasteiger partial charge in [-0.25, -0.2) is 9.97 Å². The molecule has 2 rings (SSSR count). The van der Waals surface area contributed by atoms with Gasteiger partial charge in [-0.3, -0.25) is 4.79 Å². The summed E-state index contributed by atoms with van der Waals surface area (Å²) in [6, 6.07) is 0. The number of imidazole rings is 1. The van der Waals surface area contributed by atoms with Crippen molar-refractivity contribution in [1.82, 2.24) is 19.5 Å². The van der Waals surface area contributed by atoms with Gasteiger partial charge in [0, 0.05) is 12.5 Å². The number of rotatable bonds is 1. The molecule has 0 atom stereocenters. The van der Waals surface area contributed by atoms with Crippen LogP contribution in [0.15, 0.2) is 17.3 Å². The van der Waals surface area contributed by atoms with Crippen LogP contribution in [0.4, 0.5) is 0 Å². The topological polar surface area (TPSA) is 63.6 Å². The monoisotopic (exact) mass is 358 g/mol. The third kappa shape index (κ3) is 2.33. The Hall–Kier alpha value is -1.18. The minimum Gasteiger partial charge on any atom is -0.331 e. The van der Waals surface area contributed by atoms with Crippen LogP contribution >= 0.6 is 22.6 Å². The Labute approximate surface area is 119 Å². The quantitative estimate of drug-likeness (QED) is 0.794. The highest BCUT2D eigenvalue weighted by molar-refractivity contribution is 14.1. The van der Waals surface area contributed by atoms with E-state index in [1.807, 2.05) is 55.0 Å². The molecule has 0 aromatic carbocycles. The first-order valence-corrected chi connectivity index (χ1v) is 6.65. The highest BCUT2D eigenvalue weighted by atomic mass is 127. The van der Waals surface area contributed by atoms with Gasteiger partial charge in [0.25, 0.3) is 5.56 Å². The largest absolute Gasteiger partial charge is 0.331 e. The Morgan fingerprint density at radius 1 is 1.39 bits per heavy atom. The summed E-state index contributed by atoms with van der Waals surface area (Å²) in [5, 5.41) is 0. The molecule has 0 spiro atoms. The molecule has 96 valence electrons. The van der Waals surface area contributed by atoms with Crippen LogP contribution in [-0.2, 0) is 12.5 Å². The summed E-state index contributed by atoms with van der Waals surface area (Å²) in [4.78, 5) is 23.4. The predicted octanol–water partition coefficient (Wildman–Crippen LogP) is 2.07. The molecule has 0 bridgehead atoms. The van der Waals surface area contributed by atoms with Gasteiger partial charge < -0.3 is 9.55 Å². The average Bonchev–Trinajstić information content (AvgIpc) is 2.66. The number of aromatic nitrogens is 4. The number of nitrogens with zero attached hydrogens (tertiary/aromatic N) is 3. The molecule has 0 amide bonds. The second kappa shape index (κ2) is 4.49. The van der Waals surface area contributed by atoms with Gasteiger partial charge in [-0.05, 0) is 22.6 Å². The Bertz CT molecular complexity index is 636. The van der Waals surface area contributed by atoms with Crippen molar-refractivity contribution in [2.45, 2.75) is 26.2 Å². The fraction of sp³-hybridized carbons (Fsp3) is 0.417. The maximum atomic E-state index is 12.0. The molecule has 2 aromatic rings. The van der Waals surface area contributed by atoms with Crippen molar-refractivity contribution in [3.8, 4) is 11.5 Å². The number of aromatic amines is 1. The van der Waals surface area contributed by atoms with E-state index in [0.717, 1.165) is 11.4 Å². The Morgan fingerprint density at radius 3 is 2.56 bits per heavy atom. The maximum Gasteiger partial charge on any atom is 0.264 e. The molecular formula is C12H15IN4O. The fourth-order valence-electron chi connectivity index (χ4n) is 1.66. The van der Waals surface area contributed by atoms with Gasteiger partial charge in [0.1, 0.15) is 9.26 Å². The summed E-state index contributed by atoms with van der Waals surface area (Å²) in [7, 11) is 1.87. The van der Waals surface area contributed by atoms with Crippen molar-refractivity contribution in [2.75, 3.05) is 0 Å². The van der Waals surface area contributed by atoms with E-state index in [1.165, 1.54) is 0 Å². The maximum absolute atomic E-state index is 12.0. The van der Waals surface area contributed by atoms with Crippen LogP contribution in [0.3, 0.4) is 0 Å².